The summed E-state index contributed by atoms with van der Waals surface area (Å²) in [4.78, 5) is 6.68. The van der Waals surface area contributed by atoms with Crippen LogP contribution in [0.4, 0.5) is 11.7 Å². The normalized spacial score (nSPS) is 20.1. The second-order valence-electron chi connectivity index (χ2n) is 5.19. The molecule has 1 saturated heterocycles. The lowest BCUT2D eigenvalue weighted by Gasteiger charge is -2.31. The number of hydrogen-bond donors (Lipinski definition) is 2. The maximum absolute atomic E-state index is 9.05. The van der Waals surface area contributed by atoms with Crippen molar-refractivity contribution < 1.29 is 9.52 Å². The van der Waals surface area contributed by atoms with Crippen LogP contribution in [0, 0.1) is 5.92 Å². The van der Waals surface area contributed by atoms with Crippen molar-refractivity contribution in [2.24, 2.45) is 5.92 Å². The Morgan fingerprint density at radius 3 is 3.21 bits per heavy atom. The lowest BCUT2D eigenvalue weighted by Crippen LogP contribution is -2.35. The number of piperidine rings is 1. The number of rotatable bonds is 3. The number of nitrogen functional groups attached to an aromatic ring is 1. The monoisotopic (exact) mass is 261 g/mol. The second-order valence-corrected chi connectivity index (χ2v) is 5.19. The van der Waals surface area contributed by atoms with Gasteiger partial charge in [-0.2, -0.15) is 4.98 Å². The van der Waals surface area contributed by atoms with Gasteiger partial charge in [0.05, 0.1) is 0 Å². The molecule has 0 radical (unpaired) electrons. The Morgan fingerprint density at radius 2 is 2.37 bits per heavy atom. The van der Waals surface area contributed by atoms with Gasteiger partial charge in [-0.1, -0.05) is 0 Å². The molecule has 1 fully saturated rings. The quantitative estimate of drug-likeness (QED) is 0.827. The average molecular weight is 261 g/mol. The molecule has 0 aliphatic carbocycles. The number of aliphatic hydroxyl groups is 1. The van der Waals surface area contributed by atoms with Crippen molar-refractivity contribution in [2.45, 2.75) is 19.3 Å². The fraction of sp³-hybridized carbons (Fsp3) is 0.500. The molecule has 0 amide bonds. The Morgan fingerprint density at radius 1 is 1.47 bits per heavy atom. The van der Waals surface area contributed by atoms with Gasteiger partial charge in [-0.15, -0.1) is 0 Å². The third-order valence-electron chi connectivity index (χ3n) is 3.73. The molecule has 1 unspecified atom stereocenters. The summed E-state index contributed by atoms with van der Waals surface area (Å²) in [5, 5.41) is 9.05. The smallest absolute Gasteiger partial charge is 0.298 e. The highest BCUT2D eigenvalue weighted by atomic mass is 16.4. The molecule has 1 aromatic carbocycles. The highest BCUT2D eigenvalue weighted by Crippen LogP contribution is 2.28. The van der Waals surface area contributed by atoms with E-state index in [4.69, 9.17) is 15.3 Å². The molecule has 5 heteroatoms. The number of oxazole rings is 1. The van der Waals surface area contributed by atoms with Gasteiger partial charge in [-0.05, 0) is 37.3 Å². The van der Waals surface area contributed by atoms with Crippen LogP contribution in [0.2, 0.25) is 0 Å². The largest absolute Gasteiger partial charge is 0.423 e. The van der Waals surface area contributed by atoms with E-state index < -0.39 is 0 Å². The summed E-state index contributed by atoms with van der Waals surface area (Å²) in [6.45, 7) is 2.12. The van der Waals surface area contributed by atoms with Gasteiger partial charge in [0.15, 0.2) is 5.58 Å². The number of nitrogens with two attached hydrogens (primary N) is 1. The maximum Gasteiger partial charge on any atom is 0.298 e. The van der Waals surface area contributed by atoms with E-state index in [1.807, 2.05) is 12.1 Å². The van der Waals surface area contributed by atoms with Crippen LogP contribution in [0.25, 0.3) is 11.1 Å². The average Bonchev–Trinajstić information content (AvgIpc) is 2.82. The summed E-state index contributed by atoms with van der Waals surface area (Å²) in [7, 11) is 0. The van der Waals surface area contributed by atoms with Gasteiger partial charge in [0.2, 0.25) is 0 Å². The van der Waals surface area contributed by atoms with Crippen LogP contribution in [0.5, 0.6) is 0 Å². The molecule has 1 atom stereocenters. The zero-order valence-electron chi connectivity index (χ0n) is 10.9. The van der Waals surface area contributed by atoms with E-state index in [0.29, 0.717) is 17.6 Å². The van der Waals surface area contributed by atoms with Crippen LogP contribution < -0.4 is 10.6 Å². The van der Waals surface area contributed by atoms with Crippen molar-refractivity contribution in [3.8, 4) is 0 Å². The maximum atomic E-state index is 9.05. The summed E-state index contributed by atoms with van der Waals surface area (Å²) in [5.41, 5.74) is 8.01. The molecule has 2 aromatic rings. The topological polar surface area (TPSA) is 75.5 Å². The molecular formula is C14H19N3O2. The van der Waals surface area contributed by atoms with Gasteiger partial charge in [-0.25, -0.2) is 0 Å². The van der Waals surface area contributed by atoms with Gasteiger partial charge in [0.1, 0.15) is 5.52 Å². The van der Waals surface area contributed by atoms with E-state index in [1.54, 1.807) is 6.07 Å². The lowest BCUT2D eigenvalue weighted by molar-refractivity contribution is 0.242. The molecule has 102 valence electrons. The standard InChI is InChI=1S/C14H19N3O2/c15-11-3-4-12-13(8-11)19-14(16-12)17-6-1-2-10(9-17)5-7-18/h3-4,8,10,18H,1-2,5-7,9,15H2. The Kier molecular flexibility index (Phi) is 3.29. The number of aliphatic hydroxyl groups excluding tert-OH is 1. The Bertz CT molecular complexity index is 565. The number of fused-ring (bicyclic) bond motifs is 1. The molecule has 5 nitrogen and oxygen atoms in total. The van der Waals surface area contributed by atoms with Crippen molar-refractivity contribution >= 4 is 22.8 Å². The highest BCUT2D eigenvalue weighted by molar-refractivity contribution is 5.78. The van der Waals surface area contributed by atoms with E-state index in [2.05, 4.69) is 9.88 Å². The van der Waals surface area contributed by atoms with Crippen LogP contribution in [0.3, 0.4) is 0 Å². The van der Waals surface area contributed by atoms with Crippen molar-refractivity contribution in [1.82, 2.24) is 4.98 Å². The molecule has 1 aliphatic rings. The third-order valence-corrected chi connectivity index (χ3v) is 3.73. The van der Waals surface area contributed by atoms with Crippen LogP contribution in [0.15, 0.2) is 22.6 Å². The summed E-state index contributed by atoms with van der Waals surface area (Å²) in [6, 6.07) is 6.19. The van der Waals surface area contributed by atoms with Gasteiger partial charge in [0.25, 0.3) is 6.01 Å². The van der Waals surface area contributed by atoms with E-state index in [0.717, 1.165) is 37.0 Å². The Balaban J connectivity index is 1.83. The van der Waals surface area contributed by atoms with Crippen molar-refractivity contribution in [1.29, 1.82) is 0 Å². The van der Waals surface area contributed by atoms with Gasteiger partial charge >= 0.3 is 0 Å². The number of anilines is 2. The zero-order valence-corrected chi connectivity index (χ0v) is 10.9. The SMILES string of the molecule is Nc1ccc2nc(N3CCCC(CCO)C3)oc2c1. The van der Waals surface area contributed by atoms with E-state index in [9.17, 15) is 0 Å². The first-order valence-corrected chi connectivity index (χ1v) is 6.78. The minimum Gasteiger partial charge on any atom is -0.423 e. The summed E-state index contributed by atoms with van der Waals surface area (Å²) >= 11 is 0. The fourth-order valence-corrected chi connectivity index (χ4v) is 2.72. The van der Waals surface area contributed by atoms with E-state index in [1.165, 1.54) is 6.42 Å². The highest BCUT2D eigenvalue weighted by Gasteiger charge is 2.23. The minimum atomic E-state index is 0.253. The molecule has 2 heterocycles. The predicted molar refractivity (Wildman–Crippen MR) is 75.1 cm³/mol. The van der Waals surface area contributed by atoms with Crippen LogP contribution in [-0.4, -0.2) is 29.8 Å². The Hall–Kier alpha value is -1.75. The number of aromatic nitrogens is 1. The first-order valence-electron chi connectivity index (χ1n) is 6.78. The first kappa shape index (κ1) is 12.3. The third kappa shape index (κ3) is 2.51. The number of hydrogen-bond acceptors (Lipinski definition) is 5. The lowest BCUT2D eigenvalue weighted by atomic mass is 9.95. The molecule has 1 aliphatic heterocycles. The van der Waals surface area contributed by atoms with E-state index in [-0.39, 0.29) is 6.61 Å². The number of benzene rings is 1. The molecule has 0 saturated carbocycles. The van der Waals surface area contributed by atoms with Crippen LogP contribution in [-0.2, 0) is 0 Å². The predicted octanol–water partition coefficient (Wildman–Crippen LogP) is 2.01. The molecular weight excluding hydrogens is 242 g/mol. The molecule has 0 spiro atoms. The minimum absolute atomic E-state index is 0.253. The van der Waals surface area contributed by atoms with Crippen molar-refractivity contribution in [2.75, 3.05) is 30.3 Å². The first-order chi connectivity index (χ1) is 9.26. The molecule has 3 rings (SSSR count). The van der Waals surface area contributed by atoms with Gasteiger partial charge in [0, 0.05) is 31.5 Å². The van der Waals surface area contributed by atoms with Gasteiger partial charge in [-0.3, -0.25) is 0 Å². The molecule has 19 heavy (non-hydrogen) atoms. The molecule has 0 bridgehead atoms. The van der Waals surface area contributed by atoms with Crippen LogP contribution in [0.1, 0.15) is 19.3 Å². The number of nitrogens with zero attached hydrogens (tertiary/aromatic N) is 2. The fourth-order valence-electron chi connectivity index (χ4n) is 2.72. The summed E-state index contributed by atoms with van der Waals surface area (Å²) < 4.78 is 5.79. The van der Waals surface area contributed by atoms with Crippen molar-refractivity contribution in [3.63, 3.8) is 0 Å². The van der Waals surface area contributed by atoms with Gasteiger partial charge < -0.3 is 20.2 Å². The Labute approximate surface area is 112 Å². The van der Waals surface area contributed by atoms with E-state index >= 15 is 0 Å². The van der Waals surface area contributed by atoms with Crippen LogP contribution >= 0.6 is 0 Å². The molecule has 1 aromatic heterocycles. The molecule has 3 N–H and O–H groups in total. The second kappa shape index (κ2) is 5.09. The zero-order chi connectivity index (χ0) is 13.2. The summed E-state index contributed by atoms with van der Waals surface area (Å²) in [5.74, 6) is 0.527. The summed E-state index contributed by atoms with van der Waals surface area (Å²) in [6.07, 6.45) is 3.14. The van der Waals surface area contributed by atoms with Crippen molar-refractivity contribution in [3.05, 3.63) is 18.2 Å².